The number of rotatable bonds is 3. The molecule has 0 N–H and O–H groups in total. The predicted octanol–water partition coefficient (Wildman–Crippen LogP) is 1.50. The zero-order valence-electron chi connectivity index (χ0n) is 13.0. The molecule has 2 fully saturated rings. The van der Waals surface area contributed by atoms with Gasteiger partial charge in [0.15, 0.2) is 0 Å². The van der Waals surface area contributed by atoms with E-state index in [2.05, 4.69) is 14.8 Å². The van der Waals surface area contributed by atoms with Crippen LogP contribution in [-0.4, -0.2) is 51.4 Å². The van der Waals surface area contributed by atoms with Gasteiger partial charge >= 0.3 is 0 Å². The van der Waals surface area contributed by atoms with E-state index in [1.807, 2.05) is 4.90 Å². The van der Waals surface area contributed by atoms with Crippen molar-refractivity contribution < 1.29 is 9.53 Å². The predicted molar refractivity (Wildman–Crippen MR) is 80.5 cm³/mol. The molecule has 1 aromatic rings. The number of carbonyl (C=O) groups excluding carboxylic acids is 1. The largest absolute Gasteiger partial charge is 0.378 e. The van der Waals surface area contributed by atoms with E-state index in [0.717, 1.165) is 70.0 Å². The summed E-state index contributed by atoms with van der Waals surface area (Å²) in [6, 6.07) is 0. The minimum Gasteiger partial charge on any atom is -0.378 e. The maximum absolute atomic E-state index is 12.3. The van der Waals surface area contributed by atoms with E-state index in [4.69, 9.17) is 4.74 Å². The lowest BCUT2D eigenvalue weighted by atomic mass is 9.95. The molecule has 6 nitrogen and oxygen atoms in total. The van der Waals surface area contributed by atoms with Crippen LogP contribution in [0.25, 0.3) is 0 Å². The number of ether oxygens (including phenoxy) is 1. The fourth-order valence-electron chi connectivity index (χ4n) is 3.99. The minimum absolute atomic E-state index is 0.157. The maximum atomic E-state index is 12.3. The Balaban J connectivity index is 1.33. The normalized spacial score (nSPS) is 25.6. The van der Waals surface area contributed by atoms with Crippen LogP contribution in [0.1, 0.15) is 56.1 Å². The standard InChI is InChI=1S/C16H24N4O2/c21-15(11-13-3-2-10-22-13)19-8-5-12(6-9-19)16-18-17-14-4-1-7-20(14)16/h12-13H,1-11H2/t13-/m0/s1. The first-order chi connectivity index (χ1) is 10.8. The summed E-state index contributed by atoms with van der Waals surface area (Å²) in [6.07, 6.45) is 7.12. The first kappa shape index (κ1) is 14.2. The van der Waals surface area contributed by atoms with Gasteiger partial charge in [-0.15, -0.1) is 10.2 Å². The highest BCUT2D eigenvalue weighted by atomic mass is 16.5. The number of hydrogen-bond donors (Lipinski definition) is 0. The highest BCUT2D eigenvalue weighted by Gasteiger charge is 2.30. The third kappa shape index (κ3) is 2.64. The smallest absolute Gasteiger partial charge is 0.225 e. The zero-order chi connectivity index (χ0) is 14.9. The van der Waals surface area contributed by atoms with Gasteiger partial charge < -0.3 is 14.2 Å². The molecule has 6 heteroatoms. The van der Waals surface area contributed by atoms with Crippen LogP contribution in [0.15, 0.2) is 0 Å². The highest BCUT2D eigenvalue weighted by molar-refractivity contribution is 5.76. The summed E-state index contributed by atoms with van der Waals surface area (Å²) in [4.78, 5) is 14.4. The molecule has 0 spiro atoms. The number of fused-ring (bicyclic) bond motifs is 1. The van der Waals surface area contributed by atoms with E-state index < -0.39 is 0 Å². The van der Waals surface area contributed by atoms with Crippen LogP contribution in [0.3, 0.4) is 0 Å². The Bertz CT molecular complexity index is 542. The number of aryl methyl sites for hydroxylation is 1. The van der Waals surface area contributed by atoms with Gasteiger partial charge in [-0.3, -0.25) is 4.79 Å². The summed E-state index contributed by atoms with van der Waals surface area (Å²) in [6.45, 7) is 3.57. The topological polar surface area (TPSA) is 60.2 Å². The molecule has 0 aromatic carbocycles. The average Bonchev–Trinajstić information content (AvgIpc) is 3.25. The summed E-state index contributed by atoms with van der Waals surface area (Å²) in [5, 5.41) is 8.71. The first-order valence-electron chi connectivity index (χ1n) is 8.62. The van der Waals surface area contributed by atoms with Gasteiger partial charge in [-0.2, -0.15) is 0 Å². The van der Waals surface area contributed by atoms with Gasteiger partial charge in [0, 0.05) is 38.6 Å². The van der Waals surface area contributed by atoms with Crippen molar-refractivity contribution in [2.24, 2.45) is 0 Å². The second kappa shape index (κ2) is 5.99. The molecule has 1 amide bonds. The van der Waals surface area contributed by atoms with Crippen molar-refractivity contribution in [2.45, 2.75) is 63.5 Å². The van der Waals surface area contributed by atoms with E-state index in [1.165, 1.54) is 6.42 Å². The van der Waals surface area contributed by atoms with Gasteiger partial charge in [-0.25, -0.2) is 0 Å². The summed E-state index contributed by atoms with van der Waals surface area (Å²) in [7, 11) is 0. The number of nitrogens with zero attached hydrogens (tertiary/aromatic N) is 4. The molecule has 0 aliphatic carbocycles. The Morgan fingerprint density at radius 3 is 2.77 bits per heavy atom. The third-order valence-corrected chi connectivity index (χ3v) is 5.28. The molecule has 3 aliphatic heterocycles. The second-order valence-electron chi connectivity index (χ2n) is 6.72. The van der Waals surface area contributed by atoms with Gasteiger partial charge in [0.25, 0.3) is 0 Å². The molecule has 0 radical (unpaired) electrons. The molecule has 0 bridgehead atoms. The lowest BCUT2D eigenvalue weighted by molar-refractivity contribution is -0.134. The Kier molecular flexibility index (Phi) is 3.86. The zero-order valence-corrected chi connectivity index (χ0v) is 13.0. The van der Waals surface area contributed by atoms with Crippen LogP contribution in [0, 0.1) is 0 Å². The average molecular weight is 304 g/mol. The Morgan fingerprint density at radius 1 is 1.14 bits per heavy atom. The summed E-state index contributed by atoms with van der Waals surface area (Å²) in [5.74, 6) is 3.02. The van der Waals surface area contributed by atoms with Gasteiger partial charge in [-0.1, -0.05) is 0 Å². The van der Waals surface area contributed by atoms with Crippen molar-refractivity contribution >= 4 is 5.91 Å². The fraction of sp³-hybridized carbons (Fsp3) is 0.812. The molecule has 4 heterocycles. The van der Waals surface area contributed by atoms with E-state index >= 15 is 0 Å². The molecule has 1 atom stereocenters. The van der Waals surface area contributed by atoms with E-state index in [9.17, 15) is 4.79 Å². The molecular formula is C16H24N4O2. The van der Waals surface area contributed by atoms with Gasteiger partial charge in [-0.05, 0) is 32.1 Å². The molecule has 22 heavy (non-hydrogen) atoms. The molecular weight excluding hydrogens is 280 g/mol. The lowest BCUT2D eigenvalue weighted by Gasteiger charge is -2.32. The Hall–Kier alpha value is -1.43. The third-order valence-electron chi connectivity index (χ3n) is 5.28. The van der Waals surface area contributed by atoms with Crippen molar-refractivity contribution in [3.63, 3.8) is 0 Å². The van der Waals surface area contributed by atoms with Crippen LogP contribution in [0.5, 0.6) is 0 Å². The maximum Gasteiger partial charge on any atom is 0.225 e. The van der Waals surface area contributed by atoms with Crippen LogP contribution >= 0.6 is 0 Å². The number of hydrogen-bond acceptors (Lipinski definition) is 4. The molecule has 0 saturated carbocycles. The fourth-order valence-corrected chi connectivity index (χ4v) is 3.99. The van der Waals surface area contributed by atoms with Crippen LogP contribution in [-0.2, 0) is 22.5 Å². The molecule has 0 unspecified atom stereocenters. The van der Waals surface area contributed by atoms with Crippen molar-refractivity contribution in [2.75, 3.05) is 19.7 Å². The van der Waals surface area contributed by atoms with Crippen LogP contribution < -0.4 is 0 Å². The number of amides is 1. The SMILES string of the molecule is O=C(C[C@@H]1CCCO1)N1CCC(c2nnc3n2CCC3)CC1. The Labute approximate surface area is 130 Å². The molecule has 4 rings (SSSR count). The molecule has 2 saturated heterocycles. The van der Waals surface area contributed by atoms with Crippen molar-refractivity contribution in [3.8, 4) is 0 Å². The number of carbonyl (C=O) groups is 1. The summed E-state index contributed by atoms with van der Waals surface area (Å²) in [5.41, 5.74) is 0. The quantitative estimate of drug-likeness (QED) is 0.849. The van der Waals surface area contributed by atoms with Gasteiger partial charge in [0.1, 0.15) is 11.6 Å². The number of piperidine rings is 1. The van der Waals surface area contributed by atoms with Crippen molar-refractivity contribution in [1.82, 2.24) is 19.7 Å². The van der Waals surface area contributed by atoms with Crippen LogP contribution in [0.4, 0.5) is 0 Å². The second-order valence-corrected chi connectivity index (χ2v) is 6.72. The monoisotopic (exact) mass is 304 g/mol. The Morgan fingerprint density at radius 2 is 2.00 bits per heavy atom. The van der Waals surface area contributed by atoms with Crippen molar-refractivity contribution in [3.05, 3.63) is 11.6 Å². The van der Waals surface area contributed by atoms with E-state index in [-0.39, 0.29) is 12.0 Å². The lowest BCUT2D eigenvalue weighted by Crippen LogP contribution is -2.39. The van der Waals surface area contributed by atoms with Gasteiger partial charge in [0.2, 0.25) is 5.91 Å². The molecule has 120 valence electrons. The highest BCUT2D eigenvalue weighted by Crippen LogP contribution is 2.30. The van der Waals surface area contributed by atoms with Gasteiger partial charge in [0.05, 0.1) is 12.5 Å². The molecule has 3 aliphatic rings. The van der Waals surface area contributed by atoms with Crippen LogP contribution in [0.2, 0.25) is 0 Å². The summed E-state index contributed by atoms with van der Waals surface area (Å²) < 4.78 is 7.88. The molecule has 1 aromatic heterocycles. The summed E-state index contributed by atoms with van der Waals surface area (Å²) >= 11 is 0. The first-order valence-corrected chi connectivity index (χ1v) is 8.62. The van der Waals surface area contributed by atoms with E-state index in [0.29, 0.717) is 12.3 Å². The van der Waals surface area contributed by atoms with Crippen molar-refractivity contribution in [1.29, 1.82) is 0 Å². The van der Waals surface area contributed by atoms with E-state index in [1.54, 1.807) is 0 Å². The number of likely N-dealkylation sites (tertiary alicyclic amines) is 1. The number of aromatic nitrogens is 3. The minimum atomic E-state index is 0.157.